The van der Waals surface area contributed by atoms with Gasteiger partial charge in [-0.3, -0.25) is 4.79 Å². The van der Waals surface area contributed by atoms with Gasteiger partial charge >= 0.3 is 0 Å². The number of amides is 1. The second-order valence-electron chi connectivity index (χ2n) is 4.39. The Labute approximate surface area is 122 Å². The van der Waals surface area contributed by atoms with Crippen LogP contribution in [0.3, 0.4) is 0 Å². The molecular formula is C12H17ClN2OS2. The molecule has 1 aromatic heterocycles. The van der Waals surface area contributed by atoms with Crippen LogP contribution in [0.1, 0.15) is 38.1 Å². The van der Waals surface area contributed by atoms with E-state index in [2.05, 4.69) is 5.32 Å². The highest BCUT2D eigenvalue weighted by atomic mass is 35.5. The molecule has 0 aliphatic heterocycles. The van der Waals surface area contributed by atoms with Crippen molar-refractivity contribution in [3.63, 3.8) is 0 Å². The highest BCUT2D eigenvalue weighted by molar-refractivity contribution is 7.80. The van der Waals surface area contributed by atoms with Gasteiger partial charge in [0.05, 0.1) is 20.8 Å². The molecule has 1 rings (SSSR count). The minimum absolute atomic E-state index is 0.102. The molecule has 1 aromatic rings. The van der Waals surface area contributed by atoms with Crippen LogP contribution in [-0.4, -0.2) is 10.9 Å². The van der Waals surface area contributed by atoms with Gasteiger partial charge in [0.1, 0.15) is 0 Å². The maximum Gasteiger partial charge on any atom is 0.233 e. The predicted octanol–water partition coefficient (Wildman–Crippen LogP) is 3.28. The fourth-order valence-electron chi connectivity index (χ4n) is 1.43. The van der Waals surface area contributed by atoms with Crippen LogP contribution in [0.25, 0.3) is 0 Å². The molecule has 0 aliphatic carbocycles. The Hall–Kier alpha value is -0.650. The van der Waals surface area contributed by atoms with Crippen molar-refractivity contribution in [2.75, 3.05) is 0 Å². The zero-order valence-electron chi connectivity index (χ0n) is 10.6. The van der Waals surface area contributed by atoms with E-state index >= 15 is 0 Å². The molecule has 3 nitrogen and oxygen atoms in total. The van der Waals surface area contributed by atoms with Gasteiger partial charge in [0.15, 0.2) is 0 Å². The number of carbonyl (C=O) groups excluding carboxylic acids is 1. The third kappa shape index (κ3) is 3.22. The molecule has 6 heteroatoms. The van der Waals surface area contributed by atoms with Crippen LogP contribution in [-0.2, 0) is 4.79 Å². The van der Waals surface area contributed by atoms with E-state index in [4.69, 9.17) is 29.6 Å². The van der Waals surface area contributed by atoms with Crippen LogP contribution in [0.2, 0.25) is 4.34 Å². The SMILES string of the molecule is CCC(C)(C(=O)NC(C)c1ccc(Cl)s1)C(N)=S. The van der Waals surface area contributed by atoms with Gasteiger partial charge in [0.2, 0.25) is 5.91 Å². The third-order valence-electron chi connectivity index (χ3n) is 3.12. The molecule has 0 spiro atoms. The van der Waals surface area contributed by atoms with Crippen molar-refractivity contribution in [2.45, 2.75) is 33.2 Å². The van der Waals surface area contributed by atoms with Crippen molar-refractivity contribution in [1.29, 1.82) is 0 Å². The molecule has 0 aliphatic rings. The summed E-state index contributed by atoms with van der Waals surface area (Å²) in [6.07, 6.45) is 0.575. The van der Waals surface area contributed by atoms with Crippen LogP contribution in [0.15, 0.2) is 12.1 Å². The molecule has 3 N–H and O–H groups in total. The summed E-state index contributed by atoms with van der Waals surface area (Å²) in [6.45, 7) is 5.57. The predicted molar refractivity (Wildman–Crippen MR) is 81.1 cm³/mol. The molecule has 0 bridgehead atoms. The lowest BCUT2D eigenvalue weighted by Gasteiger charge is -2.27. The zero-order valence-corrected chi connectivity index (χ0v) is 13.0. The maximum atomic E-state index is 12.2. The summed E-state index contributed by atoms with van der Waals surface area (Å²) in [4.78, 5) is 13.5. The summed E-state index contributed by atoms with van der Waals surface area (Å²) in [5.74, 6) is -0.144. The van der Waals surface area contributed by atoms with Gasteiger partial charge in [-0.2, -0.15) is 0 Å². The Morgan fingerprint density at radius 3 is 2.67 bits per heavy atom. The first-order valence-electron chi connectivity index (χ1n) is 5.67. The Balaban J connectivity index is 2.78. The molecule has 0 saturated heterocycles. The number of hydrogen-bond acceptors (Lipinski definition) is 3. The van der Waals surface area contributed by atoms with Gasteiger partial charge in [-0.05, 0) is 32.4 Å². The molecule has 2 unspecified atom stereocenters. The van der Waals surface area contributed by atoms with Crippen molar-refractivity contribution in [2.24, 2.45) is 11.1 Å². The smallest absolute Gasteiger partial charge is 0.233 e. The van der Waals surface area contributed by atoms with E-state index in [1.165, 1.54) is 11.3 Å². The molecule has 18 heavy (non-hydrogen) atoms. The molecule has 0 aromatic carbocycles. The van der Waals surface area contributed by atoms with Crippen molar-refractivity contribution < 1.29 is 4.79 Å². The lowest BCUT2D eigenvalue weighted by Crippen LogP contribution is -2.47. The summed E-state index contributed by atoms with van der Waals surface area (Å²) in [7, 11) is 0. The second kappa shape index (κ2) is 5.99. The van der Waals surface area contributed by atoms with E-state index < -0.39 is 5.41 Å². The quantitative estimate of drug-likeness (QED) is 0.821. The summed E-state index contributed by atoms with van der Waals surface area (Å²) < 4.78 is 0.707. The fourth-order valence-corrected chi connectivity index (χ4v) is 2.74. The summed E-state index contributed by atoms with van der Waals surface area (Å²) in [6, 6.07) is 3.62. The van der Waals surface area contributed by atoms with E-state index in [9.17, 15) is 4.79 Å². The van der Waals surface area contributed by atoms with Crippen molar-refractivity contribution >= 4 is 46.1 Å². The number of hydrogen-bond donors (Lipinski definition) is 2. The molecule has 0 saturated carbocycles. The topological polar surface area (TPSA) is 55.1 Å². The molecule has 1 amide bonds. The lowest BCUT2D eigenvalue weighted by molar-refractivity contribution is -0.127. The Bertz CT molecular complexity index is 461. The van der Waals surface area contributed by atoms with Crippen LogP contribution >= 0.6 is 35.2 Å². The first-order valence-corrected chi connectivity index (χ1v) is 7.27. The van der Waals surface area contributed by atoms with Crippen LogP contribution in [0.4, 0.5) is 0 Å². The van der Waals surface area contributed by atoms with E-state index in [-0.39, 0.29) is 16.9 Å². The Morgan fingerprint density at radius 2 is 2.28 bits per heavy atom. The Kier molecular flexibility index (Phi) is 5.13. The van der Waals surface area contributed by atoms with Crippen LogP contribution in [0.5, 0.6) is 0 Å². The van der Waals surface area contributed by atoms with Gasteiger partial charge in [-0.1, -0.05) is 30.7 Å². The fraction of sp³-hybridized carbons (Fsp3) is 0.500. The summed E-state index contributed by atoms with van der Waals surface area (Å²) in [5.41, 5.74) is 4.85. The zero-order chi connectivity index (χ0) is 13.9. The molecule has 1 heterocycles. The number of rotatable bonds is 5. The lowest BCUT2D eigenvalue weighted by atomic mass is 9.86. The monoisotopic (exact) mass is 304 g/mol. The van der Waals surface area contributed by atoms with Gasteiger partial charge in [0, 0.05) is 4.88 Å². The number of carbonyl (C=O) groups is 1. The minimum atomic E-state index is -0.801. The number of halogens is 1. The molecule has 2 atom stereocenters. The second-order valence-corrected chi connectivity index (χ2v) is 6.57. The normalized spacial score (nSPS) is 15.8. The molecule has 0 radical (unpaired) electrons. The van der Waals surface area contributed by atoms with Crippen molar-refractivity contribution in [3.05, 3.63) is 21.3 Å². The molecule has 100 valence electrons. The Morgan fingerprint density at radius 1 is 1.67 bits per heavy atom. The standard InChI is InChI=1S/C12H17ClN2OS2/c1-4-12(3,10(14)17)11(16)15-7(2)8-5-6-9(13)18-8/h5-7H,4H2,1-3H3,(H2,14,17)(H,15,16). The average molecular weight is 305 g/mol. The highest BCUT2D eigenvalue weighted by Crippen LogP contribution is 2.28. The number of thiophene rings is 1. The van der Waals surface area contributed by atoms with E-state index in [1.54, 1.807) is 6.92 Å². The number of nitrogens with two attached hydrogens (primary N) is 1. The van der Waals surface area contributed by atoms with Gasteiger partial charge < -0.3 is 11.1 Å². The summed E-state index contributed by atoms with van der Waals surface area (Å²) in [5, 5.41) is 2.93. The molecular weight excluding hydrogens is 288 g/mol. The number of nitrogens with one attached hydrogen (secondary N) is 1. The van der Waals surface area contributed by atoms with Crippen LogP contribution in [0, 0.1) is 5.41 Å². The largest absolute Gasteiger partial charge is 0.392 e. The highest BCUT2D eigenvalue weighted by Gasteiger charge is 2.35. The molecule has 0 fully saturated rings. The maximum absolute atomic E-state index is 12.2. The first kappa shape index (κ1) is 15.4. The van der Waals surface area contributed by atoms with Crippen molar-refractivity contribution in [1.82, 2.24) is 5.32 Å². The first-order chi connectivity index (χ1) is 8.31. The average Bonchev–Trinajstić information content (AvgIpc) is 2.74. The van der Waals surface area contributed by atoms with Crippen LogP contribution < -0.4 is 11.1 Å². The van der Waals surface area contributed by atoms with Gasteiger partial charge in [-0.25, -0.2) is 0 Å². The summed E-state index contributed by atoms with van der Waals surface area (Å²) >= 11 is 12.3. The van der Waals surface area contributed by atoms with E-state index in [1.807, 2.05) is 26.0 Å². The third-order valence-corrected chi connectivity index (χ3v) is 4.98. The van der Waals surface area contributed by atoms with Gasteiger partial charge in [0.25, 0.3) is 0 Å². The van der Waals surface area contributed by atoms with E-state index in [0.717, 1.165) is 4.88 Å². The van der Waals surface area contributed by atoms with E-state index in [0.29, 0.717) is 10.8 Å². The van der Waals surface area contributed by atoms with Crippen molar-refractivity contribution in [3.8, 4) is 0 Å². The van der Waals surface area contributed by atoms with Gasteiger partial charge in [-0.15, -0.1) is 11.3 Å². The number of thiocarbonyl (C=S) groups is 1. The minimum Gasteiger partial charge on any atom is -0.392 e.